The van der Waals surface area contributed by atoms with Crippen LogP contribution in [-0.4, -0.2) is 29.8 Å². The van der Waals surface area contributed by atoms with Crippen molar-refractivity contribution < 1.29 is 9.53 Å². The zero-order valence-corrected chi connectivity index (χ0v) is 13.2. The van der Waals surface area contributed by atoms with Gasteiger partial charge in [-0.2, -0.15) is 0 Å². The van der Waals surface area contributed by atoms with E-state index in [2.05, 4.69) is 38.3 Å². The summed E-state index contributed by atoms with van der Waals surface area (Å²) in [5, 5.41) is 1.70. The Morgan fingerprint density at radius 2 is 2.05 bits per heavy atom. The average Bonchev–Trinajstić information content (AvgIpc) is 2.80. The molecule has 1 aromatic rings. The molecule has 1 aliphatic rings. The van der Waals surface area contributed by atoms with Crippen molar-refractivity contribution in [3.63, 3.8) is 0 Å². The summed E-state index contributed by atoms with van der Waals surface area (Å²) >= 11 is 0. The van der Waals surface area contributed by atoms with Gasteiger partial charge in [-0.15, -0.1) is 0 Å². The summed E-state index contributed by atoms with van der Waals surface area (Å²) < 4.78 is 5.23. The Balaban J connectivity index is 1.99. The quantitative estimate of drug-likeness (QED) is 0.837. The van der Waals surface area contributed by atoms with Crippen LogP contribution in [0.3, 0.4) is 0 Å². The highest BCUT2D eigenvalue weighted by atomic mass is 16.6. The second-order valence-electron chi connectivity index (χ2n) is 6.15. The maximum atomic E-state index is 12.0. The van der Waals surface area contributed by atoms with Gasteiger partial charge >= 0.3 is 6.09 Å². The van der Waals surface area contributed by atoms with Gasteiger partial charge in [0.2, 0.25) is 0 Å². The number of carbonyl (C=O) groups excluding carboxylic acids is 1. The molecular formula is C17H26N2O2. The van der Waals surface area contributed by atoms with Gasteiger partial charge in [-0.05, 0) is 30.7 Å². The van der Waals surface area contributed by atoms with E-state index in [1.807, 2.05) is 18.2 Å². The lowest BCUT2D eigenvalue weighted by Gasteiger charge is -2.28. The number of amides is 1. The van der Waals surface area contributed by atoms with E-state index in [0.29, 0.717) is 18.6 Å². The average molecular weight is 290 g/mol. The van der Waals surface area contributed by atoms with Crippen LogP contribution >= 0.6 is 0 Å². The molecule has 1 fully saturated rings. The topological polar surface area (TPSA) is 41.6 Å². The van der Waals surface area contributed by atoms with Crippen LogP contribution in [-0.2, 0) is 11.2 Å². The number of carbonyl (C=O) groups is 1. The van der Waals surface area contributed by atoms with Gasteiger partial charge in [0.25, 0.3) is 0 Å². The molecule has 0 aliphatic carbocycles. The molecular weight excluding hydrogens is 264 g/mol. The molecule has 1 aromatic carbocycles. The van der Waals surface area contributed by atoms with Crippen molar-refractivity contribution in [2.75, 3.05) is 6.61 Å². The molecule has 0 spiro atoms. The van der Waals surface area contributed by atoms with Crippen molar-refractivity contribution in [2.45, 2.75) is 52.1 Å². The molecule has 0 saturated carbocycles. The second-order valence-corrected chi connectivity index (χ2v) is 6.15. The lowest BCUT2D eigenvalue weighted by molar-refractivity contribution is 0.125. The first-order valence-corrected chi connectivity index (χ1v) is 7.86. The van der Waals surface area contributed by atoms with Crippen molar-refractivity contribution in [2.24, 2.45) is 5.92 Å². The van der Waals surface area contributed by atoms with Gasteiger partial charge in [0.05, 0.1) is 6.04 Å². The molecule has 0 radical (unpaired) electrons. The smallest absolute Gasteiger partial charge is 0.424 e. The number of rotatable bonds is 7. The minimum Gasteiger partial charge on any atom is -0.446 e. The largest absolute Gasteiger partial charge is 0.446 e. The van der Waals surface area contributed by atoms with Gasteiger partial charge in [-0.1, -0.05) is 51.1 Å². The second kappa shape index (κ2) is 7.46. The normalized spacial score (nSPS) is 19.9. The summed E-state index contributed by atoms with van der Waals surface area (Å²) in [6, 6.07) is 10.6. The van der Waals surface area contributed by atoms with E-state index in [1.165, 1.54) is 5.56 Å². The maximum Gasteiger partial charge on any atom is 0.424 e. The van der Waals surface area contributed by atoms with Gasteiger partial charge in [0.1, 0.15) is 6.61 Å². The number of hydrogen-bond acceptors (Lipinski definition) is 3. The first kappa shape index (κ1) is 15.8. The number of nitrogens with one attached hydrogen (secondary N) is 1. The molecule has 1 aliphatic heterocycles. The van der Waals surface area contributed by atoms with E-state index in [0.717, 1.165) is 19.3 Å². The fraction of sp³-hybridized carbons (Fsp3) is 0.588. The molecule has 2 atom stereocenters. The molecule has 1 saturated heterocycles. The van der Waals surface area contributed by atoms with Crippen molar-refractivity contribution in [1.29, 1.82) is 0 Å². The number of hydrazine groups is 1. The van der Waals surface area contributed by atoms with E-state index in [1.54, 1.807) is 5.01 Å². The van der Waals surface area contributed by atoms with Crippen LogP contribution in [0.4, 0.5) is 4.79 Å². The van der Waals surface area contributed by atoms with Gasteiger partial charge in [0.15, 0.2) is 0 Å². The number of cyclic esters (lactones) is 1. The van der Waals surface area contributed by atoms with Crippen LogP contribution in [0.15, 0.2) is 30.3 Å². The van der Waals surface area contributed by atoms with Crippen molar-refractivity contribution in [1.82, 2.24) is 10.4 Å². The Labute approximate surface area is 127 Å². The lowest BCUT2D eigenvalue weighted by atomic mass is 10.0. The van der Waals surface area contributed by atoms with Gasteiger partial charge in [-0.25, -0.2) is 15.2 Å². The van der Waals surface area contributed by atoms with Crippen LogP contribution in [0.5, 0.6) is 0 Å². The third-order valence-electron chi connectivity index (χ3n) is 3.85. The Bertz CT molecular complexity index is 447. The summed E-state index contributed by atoms with van der Waals surface area (Å²) in [6.07, 6.45) is 2.62. The Morgan fingerprint density at radius 1 is 1.33 bits per heavy atom. The van der Waals surface area contributed by atoms with Crippen molar-refractivity contribution >= 4 is 6.09 Å². The van der Waals surface area contributed by atoms with E-state index >= 15 is 0 Å². The minimum atomic E-state index is -0.252. The Morgan fingerprint density at radius 3 is 2.67 bits per heavy atom. The molecule has 116 valence electrons. The first-order valence-electron chi connectivity index (χ1n) is 7.86. The highest BCUT2D eigenvalue weighted by Gasteiger charge is 2.34. The summed E-state index contributed by atoms with van der Waals surface area (Å²) in [5.41, 5.74) is 4.60. The van der Waals surface area contributed by atoms with Gasteiger partial charge in [0, 0.05) is 6.04 Å². The molecule has 2 rings (SSSR count). The van der Waals surface area contributed by atoms with Crippen molar-refractivity contribution in [3.05, 3.63) is 35.9 Å². The summed E-state index contributed by atoms with van der Waals surface area (Å²) in [7, 11) is 0. The summed E-state index contributed by atoms with van der Waals surface area (Å²) in [4.78, 5) is 12.0. The summed E-state index contributed by atoms with van der Waals surface area (Å²) in [6.45, 7) is 7.01. The molecule has 4 nitrogen and oxygen atoms in total. The van der Waals surface area contributed by atoms with E-state index in [9.17, 15) is 4.79 Å². The molecule has 1 N–H and O–H groups in total. The van der Waals surface area contributed by atoms with Gasteiger partial charge in [-0.3, -0.25) is 0 Å². The number of ether oxygens (including phenoxy) is 1. The highest BCUT2D eigenvalue weighted by molar-refractivity contribution is 5.69. The third kappa shape index (κ3) is 4.46. The standard InChI is InChI=1S/C17H26N2O2/c1-4-15(10-13(2)3)18-19-16(12-21-17(19)20)11-14-8-6-5-7-9-14/h5-9,13,15-16,18H,4,10-12H2,1-3H3/t15-,16+/m1/s1. The predicted molar refractivity (Wildman–Crippen MR) is 83.8 cm³/mol. The molecule has 0 unspecified atom stereocenters. The van der Waals surface area contributed by atoms with Crippen LogP contribution in [0.25, 0.3) is 0 Å². The lowest BCUT2D eigenvalue weighted by Crippen LogP contribution is -2.50. The molecule has 1 heterocycles. The Hall–Kier alpha value is -1.55. The molecule has 21 heavy (non-hydrogen) atoms. The zero-order chi connectivity index (χ0) is 15.2. The van der Waals surface area contributed by atoms with Crippen molar-refractivity contribution in [3.8, 4) is 0 Å². The van der Waals surface area contributed by atoms with E-state index < -0.39 is 0 Å². The fourth-order valence-corrected chi connectivity index (χ4v) is 2.73. The predicted octanol–water partition coefficient (Wildman–Crippen LogP) is 3.38. The zero-order valence-electron chi connectivity index (χ0n) is 13.2. The molecule has 1 amide bonds. The maximum absolute atomic E-state index is 12.0. The molecule has 0 bridgehead atoms. The molecule has 4 heteroatoms. The van der Waals surface area contributed by atoms with Crippen LogP contribution in [0, 0.1) is 5.92 Å². The van der Waals surface area contributed by atoms with Crippen LogP contribution in [0.1, 0.15) is 39.2 Å². The number of benzene rings is 1. The third-order valence-corrected chi connectivity index (χ3v) is 3.85. The number of hydrogen-bond donors (Lipinski definition) is 1. The molecule has 0 aromatic heterocycles. The fourth-order valence-electron chi connectivity index (χ4n) is 2.73. The SMILES string of the molecule is CC[C@H](CC(C)C)NN1C(=O)OC[C@@H]1Cc1ccccc1. The first-order chi connectivity index (χ1) is 10.1. The minimum absolute atomic E-state index is 0.0705. The monoisotopic (exact) mass is 290 g/mol. The van der Waals surface area contributed by atoms with Crippen LogP contribution < -0.4 is 5.43 Å². The number of nitrogens with zero attached hydrogens (tertiary/aromatic N) is 1. The highest BCUT2D eigenvalue weighted by Crippen LogP contribution is 2.17. The van der Waals surface area contributed by atoms with Gasteiger partial charge < -0.3 is 4.74 Å². The van der Waals surface area contributed by atoms with Crippen LogP contribution in [0.2, 0.25) is 0 Å². The van der Waals surface area contributed by atoms with E-state index in [-0.39, 0.29) is 12.1 Å². The Kier molecular flexibility index (Phi) is 5.62. The summed E-state index contributed by atoms with van der Waals surface area (Å²) in [5.74, 6) is 0.605. The van der Waals surface area contributed by atoms with E-state index in [4.69, 9.17) is 4.74 Å².